The third-order valence-corrected chi connectivity index (χ3v) is 2.56. The third kappa shape index (κ3) is 2.94. The van der Waals surface area contributed by atoms with Crippen LogP contribution in [0.1, 0.15) is 5.82 Å². The van der Waals surface area contributed by atoms with Gasteiger partial charge in [0.15, 0.2) is 5.16 Å². The number of hydrogen-bond acceptors (Lipinski definition) is 8. The second kappa shape index (κ2) is 4.42. The van der Waals surface area contributed by atoms with Crippen LogP contribution in [0.3, 0.4) is 0 Å². The lowest BCUT2D eigenvalue weighted by Crippen LogP contribution is -2.00. The summed E-state index contributed by atoms with van der Waals surface area (Å²) in [4.78, 5) is 16.2. The van der Waals surface area contributed by atoms with Gasteiger partial charge in [-0.25, -0.2) is 19.9 Å². The fraction of sp³-hybridized carbons (Fsp3) is 0.111. The van der Waals surface area contributed by atoms with E-state index in [0.29, 0.717) is 33.5 Å². The summed E-state index contributed by atoms with van der Waals surface area (Å²) < 4.78 is 0. The molecule has 2 aromatic rings. The van der Waals surface area contributed by atoms with Gasteiger partial charge < -0.3 is 17.2 Å². The number of nitrogen functional groups attached to an aromatic ring is 3. The Morgan fingerprint density at radius 1 is 0.882 bits per heavy atom. The van der Waals surface area contributed by atoms with Crippen molar-refractivity contribution in [2.45, 2.75) is 17.1 Å². The molecule has 0 aromatic carbocycles. The van der Waals surface area contributed by atoms with Gasteiger partial charge in [-0.05, 0) is 18.7 Å². The molecule has 0 atom stereocenters. The van der Waals surface area contributed by atoms with Gasteiger partial charge in [-0.3, -0.25) is 0 Å². The monoisotopic (exact) mass is 249 g/mol. The van der Waals surface area contributed by atoms with Crippen LogP contribution in [0.15, 0.2) is 22.3 Å². The van der Waals surface area contributed by atoms with Crippen molar-refractivity contribution in [2.24, 2.45) is 0 Å². The van der Waals surface area contributed by atoms with Crippen molar-refractivity contribution >= 4 is 29.2 Å². The Balaban J connectivity index is 2.31. The van der Waals surface area contributed by atoms with E-state index in [0.717, 1.165) is 0 Å². The summed E-state index contributed by atoms with van der Waals surface area (Å²) in [5.74, 6) is 1.62. The van der Waals surface area contributed by atoms with Crippen LogP contribution in [0, 0.1) is 6.92 Å². The first-order valence-corrected chi connectivity index (χ1v) is 5.53. The highest BCUT2D eigenvalue weighted by Crippen LogP contribution is 2.25. The molecule has 6 N–H and O–H groups in total. The smallest absolute Gasteiger partial charge is 0.197 e. The molecule has 2 heterocycles. The Morgan fingerprint density at radius 3 is 2.06 bits per heavy atom. The molecule has 0 aliphatic carbocycles. The average Bonchev–Trinajstić information content (AvgIpc) is 2.13. The van der Waals surface area contributed by atoms with Crippen molar-refractivity contribution < 1.29 is 0 Å². The first-order valence-electron chi connectivity index (χ1n) is 4.72. The minimum atomic E-state index is 0.318. The van der Waals surface area contributed by atoms with E-state index in [1.54, 1.807) is 13.0 Å². The van der Waals surface area contributed by atoms with Crippen LogP contribution in [0.2, 0.25) is 0 Å². The van der Waals surface area contributed by atoms with E-state index < -0.39 is 0 Å². The molecule has 17 heavy (non-hydrogen) atoms. The second-order valence-electron chi connectivity index (χ2n) is 3.28. The van der Waals surface area contributed by atoms with Crippen LogP contribution in [-0.4, -0.2) is 19.9 Å². The van der Waals surface area contributed by atoms with Crippen molar-refractivity contribution in [1.82, 2.24) is 19.9 Å². The highest BCUT2D eigenvalue weighted by Gasteiger charge is 2.06. The first kappa shape index (κ1) is 11.4. The van der Waals surface area contributed by atoms with Gasteiger partial charge >= 0.3 is 0 Å². The van der Waals surface area contributed by atoms with Gasteiger partial charge in [0.05, 0.1) is 0 Å². The molecule has 0 radical (unpaired) electrons. The van der Waals surface area contributed by atoms with Crippen LogP contribution in [-0.2, 0) is 0 Å². The molecule has 88 valence electrons. The lowest BCUT2D eigenvalue weighted by atomic mass is 10.5. The van der Waals surface area contributed by atoms with Crippen molar-refractivity contribution in [2.75, 3.05) is 17.2 Å². The average molecular weight is 249 g/mol. The molecule has 2 rings (SSSR count). The molecular weight excluding hydrogens is 238 g/mol. The summed E-state index contributed by atoms with van der Waals surface area (Å²) in [5.41, 5.74) is 16.8. The van der Waals surface area contributed by atoms with E-state index in [4.69, 9.17) is 17.2 Å². The third-order valence-electron chi connectivity index (χ3n) is 1.78. The Morgan fingerprint density at radius 2 is 1.47 bits per heavy atom. The van der Waals surface area contributed by atoms with Crippen molar-refractivity contribution in [3.05, 3.63) is 18.0 Å². The Hall–Kier alpha value is -2.09. The predicted octanol–water partition coefficient (Wildman–Crippen LogP) is 0.473. The van der Waals surface area contributed by atoms with E-state index in [1.807, 2.05) is 0 Å². The van der Waals surface area contributed by atoms with E-state index in [2.05, 4.69) is 19.9 Å². The fourth-order valence-electron chi connectivity index (χ4n) is 1.22. The Kier molecular flexibility index (Phi) is 2.96. The molecule has 0 aliphatic rings. The van der Waals surface area contributed by atoms with Gasteiger partial charge in [0, 0.05) is 12.1 Å². The number of nitrogens with zero attached hydrogens (tertiary/aromatic N) is 4. The number of anilines is 3. The first-order chi connectivity index (χ1) is 8.02. The molecule has 0 unspecified atom stereocenters. The van der Waals surface area contributed by atoms with E-state index in [-0.39, 0.29) is 0 Å². The van der Waals surface area contributed by atoms with Crippen LogP contribution in [0.4, 0.5) is 17.5 Å². The second-order valence-corrected chi connectivity index (χ2v) is 4.27. The van der Waals surface area contributed by atoms with Crippen LogP contribution in [0.25, 0.3) is 0 Å². The molecular formula is C9H11N7S. The van der Waals surface area contributed by atoms with Crippen LogP contribution < -0.4 is 17.2 Å². The number of rotatable bonds is 2. The van der Waals surface area contributed by atoms with E-state index >= 15 is 0 Å². The zero-order chi connectivity index (χ0) is 12.4. The number of nitrogens with two attached hydrogens (primary N) is 3. The summed E-state index contributed by atoms with van der Waals surface area (Å²) in [7, 11) is 0. The topological polar surface area (TPSA) is 130 Å². The normalized spacial score (nSPS) is 10.4. The molecule has 0 aliphatic heterocycles. The zero-order valence-electron chi connectivity index (χ0n) is 9.08. The number of aromatic nitrogens is 4. The van der Waals surface area contributed by atoms with Crippen molar-refractivity contribution in [3.63, 3.8) is 0 Å². The minimum absolute atomic E-state index is 0.318. The maximum Gasteiger partial charge on any atom is 0.197 e. The molecule has 7 nitrogen and oxygen atoms in total. The number of aryl methyl sites for hydroxylation is 1. The highest BCUT2D eigenvalue weighted by molar-refractivity contribution is 7.99. The molecule has 8 heteroatoms. The lowest BCUT2D eigenvalue weighted by Gasteiger charge is -2.03. The lowest BCUT2D eigenvalue weighted by molar-refractivity contribution is 0.949. The fourth-order valence-corrected chi connectivity index (χ4v) is 2.06. The highest BCUT2D eigenvalue weighted by atomic mass is 32.2. The van der Waals surface area contributed by atoms with Crippen LogP contribution >= 0.6 is 11.8 Å². The van der Waals surface area contributed by atoms with Gasteiger partial charge in [-0.2, -0.15) is 0 Å². The summed E-state index contributed by atoms with van der Waals surface area (Å²) in [6.45, 7) is 1.76. The van der Waals surface area contributed by atoms with Gasteiger partial charge in [-0.1, -0.05) is 0 Å². The van der Waals surface area contributed by atoms with Gasteiger partial charge in [0.25, 0.3) is 0 Å². The van der Waals surface area contributed by atoms with Gasteiger partial charge in [-0.15, -0.1) is 0 Å². The molecule has 0 fully saturated rings. The maximum absolute atomic E-state index is 5.62. The molecule has 0 amide bonds. The summed E-state index contributed by atoms with van der Waals surface area (Å²) in [5, 5.41) is 1.08. The van der Waals surface area contributed by atoms with E-state index in [9.17, 15) is 0 Å². The predicted molar refractivity (Wildman–Crippen MR) is 66.2 cm³/mol. The minimum Gasteiger partial charge on any atom is -0.384 e. The van der Waals surface area contributed by atoms with E-state index in [1.165, 1.54) is 17.8 Å². The molecule has 0 spiro atoms. The molecule has 0 bridgehead atoms. The largest absolute Gasteiger partial charge is 0.384 e. The number of hydrogen-bond donors (Lipinski definition) is 3. The summed E-state index contributed by atoms with van der Waals surface area (Å²) in [6, 6.07) is 3.13. The zero-order valence-corrected chi connectivity index (χ0v) is 9.90. The molecule has 2 aromatic heterocycles. The SMILES string of the molecule is Cc1nc(N)cc(Sc2nc(N)cc(N)n2)n1. The Bertz CT molecular complexity index is 467. The van der Waals surface area contributed by atoms with Crippen molar-refractivity contribution in [3.8, 4) is 0 Å². The van der Waals surface area contributed by atoms with Crippen LogP contribution in [0.5, 0.6) is 0 Å². The standard InChI is InChI=1S/C9H11N7S/c1-4-13-7(12)3-8(14-4)17-9-15-5(10)2-6(11)16-9/h2-3H,1H3,(H2,12,13,14)(H4,10,11,15,16). The van der Waals surface area contributed by atoms with Crippen molar-refractivity contribution in [1.29, 1.82) is 0 Å². The quantitative estimate of drug-likeness (QED) is 0.517. The molecule has 0 saturated carbocycles. The summed E-state index contributed by atoms with van der Waals surface area (Å²) >= 11 is 1.23. The Labute approximate surface area is 102 Å². The van der Waals surface area contributed by atoms with Gasteiger partial charge in [0.1, 0.15) is 28.3 Å². The van der Waals surface area contributed by atoms with Gasteiger partial charge in [0.2, 0.25) is 0 Å². The molecule has 0 saturated heterocycles. The summed E-state index contributed by atoms with van der Waals surface area (Å²) in [6.07, 6.45) is 0. The maximum atomic E-state index is 5.62.